The summed E-state index contributed by atoms with van der Waals surface area (Å²) >= 11 is 18.0. The molecule has 4 nitrogen and oxygen atoms in total. The van der Waals surface area contributed by atoms with Crippen molar-refractivity contribution in [1.82, 2.24) is 4.31 Å². The van der Waals surface area contributed by atoms with E-state index < -0.39 is 10.0 Å². The van der Waals surface area contributed by atoms with Gasteiger partial charge in [0.05, 0.1) is 10.0 Å². The summed E-state index contributed by atoms with van der Waals surface area (Å²) in [5.41, 5.74) is 5.59. The summed E-state index contributed by atoms with van der Waals surface area (Å²) in [7, 11) is -3.76. The normalized spacial score (nSPS) is 20.7. The summed E-state index contributed by atoms with van der Waals surface area (Å²) in [5.74, 6) is 0. The highest BCUT2D eigenvalue weighted by atomic mass is 35.5. The van der Waals surface area contributed by atoms with Gasteiger partial charge in [0.15, 0.2) is 0 Å². The molecule has 1 aliphatic heterocycles. The molecule has 1 unspecified atom stereocenters. The Morgan fingerprint density at radius 3 is 2.38 bits per heavy atom. The van der Waals surface area contributed by atoms with Gasteiger partial charge in [-0.3, -0.25) is 0 Å². The number of rotatable bonds is 4. The molecule has 21 heavy (non-hydrogen) atoms. The SMILES string of the molecule is NCCC1CCCCN1S(=O)(=O)c1c(Cl)cc(Cl)cc1Cl. The summed E-state index contributed by atoms with van der Waals surface area (Å²) in [6.07, 6.45) is 3.25. The maximum Gasteiger partial charge on any atom is 0.246 e. The molecule has 1 heterocycles. The molecule has 1 atom stereocenters. The minimum Gasteiger partial charge on any atom is -0.330 e. The summed E-state index contributed by atoms with van der Waals surface area (Å²) in [6.45, 7) is 0.904. The van der Waals surface area contributed by atoms with E-state index >= 15 is 0 Å². The van der Waals surface area contributed by atoms with Gasteiger partial charge in [0.25, 0.3) is 0 Å². The Balaban J connectivity index is 2.45. The Morgan fingerprint density at radius 2 is 1.81 bits per heavy atom. The molecule has 1 aliphatic rings. The van der Waals surface area contributed by atoms with Gasteiger partial charge in [-0.2, -0.15) is 4.31 Å². The van der Waals surface area contributed by atoms with Gasteiger partial charge in [0.1, 0.15) is 4.90 Å². The predicted molar refractivity (Wildman–Crippen MR) is 86.7 cm³/mol. The zero-order valence-electron chi connectivity index (χ0n) is 11.4. The molecule has 1 saturated heterocycles. The third-order valence-electron chi connectivity index (χ3n) is 3.60. The first-order valence-electron chi connectivity index (χ1n) is 6.74. The predicted octanol–water partition coefficient (Wildman–Crippen LogP) is 3.54. The summed E-state index contributed by atoms with van der Waals surface area (Å²) in [4.78, 5) is -0.0702. The monoisotopic (exact) mass is 370 g/mol. The highest BCUT2D eigenvalue weighted by Crippen LogP contribution is 2.37. The number of sulfonamides is 1. The average molecular weight is 372 g/mol. The first-order valence-corrected chi connectivity index (χ1v) is 9.31. The summed E-state index contributed by atoms with van der Waals surface area (Å²) < 4.78 is 27.3. The quantitative estimate of drug-likeness (QED) is 0.880. The van der Waals surface area contributed by atoms with Crippen LogP contribution < -0.4 is 5.73 Å². The number of hydrogen-bond donors (Lipinski definition) is 1. The highest BCUT2D eigenvalue weighted by molar-refractivity contribution is 7.89. The van der Waals surface area contributed by atoms with E-state index in [1.54, 1.807) is 0 Å². The number of halogens is 3. The van der Waals surface area contributed by atoms with Crippen LogP contribution in [0.25, 0.3) is 0 Å². The van der Waals surface area contributed by atoms with Crippen LogP contribution in [0.1, 0.15) is 25.7 Å². The number of nitrogens with two attached hydrogens (primary N) is 1. The fourth-order valence-electron chi connectivity index (χ4n) is 2.66. The van der Waals surface area contributed by atoms with Gasteiger partial charge in [-0.15, -0.1) is 0 Å². The molecule has 2 rings (SSSR count). The van der Waals surface area contributed by atoms with Crippen LogP contribution in [-0.4, -0.2) is 31.9 Å². The van der Waals surface area contributed by atoms with Crippen molar-refractivity contribution in [1.29, 1.82) is 0 Å². The Labute approximate surface area is 140 Å². The molecule has 1 aromatic rings. The van der Waals surface area contributed by atoms with Crippen molar-refractivity contribution in [3.8, 4) is 0 Å². The topological polar surface area (TPSA) is 63.4 Å². The van der Waals surface area contributed by atoms with Crippen LogP contribution in [-0.2, 0) is 10.0 Å². The van der Waals surface area contributed by atoms with E-state index in [9.17, 15) is 8.42 Å². The molecular formula is C13H17Cl3N2O2S. The van der Waals surface area contributed by atoms with E-state index in [1.807, 2.05) is 0 Å². The van der Waals surface area contributed by atoms with Crippen molar-refractivity contribution >= 4 is 44.8 Å². The number of piperidine rings is 1. The van der Waals surface area contributed by atoms with Gasteiger partial charge in [0, 0.05) is 17.6 Å². The van der Waals surface area contributed by atoms with Crippen LogP contribution in [0.3, 0.4) is 0 Å². The van der Waals surface area contributed by atoms with Crippen LogP contribution in [0.15, 0.2) is 17.0 Å². The zero-order valence-corrected chi connectivity index (χ0v) is 14.4. The largest absolute Gasteiger partial charge is 0.330 e. The molecule has 0 aliphatic carbocycles. The van der Waals surface area contributed by atoms with Gasteiger partial charge in [-0.25, -0.2) is 8.42 Å². The van der Waals surface area contributed by atoms with Gasteiger partial charge in [-0.05, 0) is 37.9 Å². The maximum atomic E-state index is 12.9. The van der Waals surface area contributed by atoms with Crippen LogP contribution in [0.2, 0.25) is 15.1 Å². The lowest BCUT2D eigenvalue weighted by Gasteiger charge is -2.35. The lowest BCUT2D eigenvalue weighted by Crippen LogP contribution is -2.44. The van der Waals surface area contributed by atoms with Crippen molar-refractivity contribution in [2.75, 3.05) is 13.1 Å². The fraction of sp³-hybridized carbons (Fsp3) is 0.538. The first-order chi connectivity index (χ1) is 9.87. The lowest BCUT2D eigenvalue weighted by molar-refractivity contribution is 0.243. The second-order valence-electron chi connectivity index (χ2n) is 5.04. The van der Waals surface area contributed by atoms with Crippen molar-refractivity contribution in [3.63, 3.8) is 0 Å². The Morgan fingerprint density at radius 1 is 1.19 bits per heavy atom. The molecular weight excluding hydrogens is 355 g/mol. The van der Waals surface area contributed by atoms with E-state index in [0.717, 1.165) is 19.3 Å². The van der Waals surface area contributed by atoms with Crippen LogP contribution in [0, 0.1) is 0 Å². The lowest BCUT2D eigenvalue weighted by atomic mass is 10.0. The van der Waals surface area contributed by atoms with Crippen LogP contribution >= 0.6 is 34.8 Å². The molecule has 0 saturated carbocycles. The van der Waals surface area contributed by atoms with Crippen molar-refractivity contribution in [2.24, 2.45) is 5.73 Å². The minimum atomic E-state index is -3.76. The van der Waals surface area contributed by atoms with Crippen molar-refractivity contribution in [3.05, 3.63) is 27.2 Å². The van der Waals surface area contributed by atoms with Crippen molar-refractivity contribution in [2.45, 2.75) is 36.6 Å². The molecule has 1 fully saturated rings. The van der Waals surface area contributed by atoms with E-state index in [-0.39, 0.29) is 21.0 Å². The Hall–Kier alpha value is -0.0400. The van der Waals surface area contributed by atoms with E-state index in [0.29, 0.717) is 24.5 Å². The second-order valence-corrected chi connectivity index (χ2v) is 8.12. The first kappa shape index (κ1) is 17.3. The minimum absolute atomic E-state index is 0.0459. The Bertz CT molecular complexity index is 597. The third-order valence-corrected chi connectivity index (χ3v) is 6.70. The number of nitrogens with zero attached hydrogens (tertiary/aromatic N) is 1. The van der Waals surface area contributed by atoms with Crippen molar-refractivity contribution < 1.29 is 8.42 Å². The van der Waals surface area contributed by atoms with Gasteiger partial charge in [0.2, 0.25) is 10.0 Å². The molecule has 8 heteroatoms. The van der Waals surface area contributed by atoms with E-state index in [2.05, 4.69) is 0 Å². The average Bonchev–Trinajstić information content (AvgIpc) is 2.37. The van der Waals surface area contributed by atoms with Gasteiger partial charge >= 0.3 is 0 Å². The molecule has 118 valence electrons. The van der Waals surface area contributed by atoms with E-state index in [4.69, 9.17) is 40.5 Å². The number of hydrogen-bond acceptors (Lipinski definition) is 3. The second kappa shape index (κ2) is 7.02. The molecule has 2 N–H and O–H groups in total. The molecule has 0 amide bonds. The summed E-state index contributed by atoms with van der Waals surface area (Å²) in [6, 6.07) is 2.68. The highest BCUT2D eigenvalue weighted by Gasteiger charge is 2.35. The Kier molecular flexibility index (Phi) is 5.79. The van der Waals surface area contributed by atoms with Gasteiger partial charge in [-0.1, -0.05) is 41.2 Å². The third kappa shape index (κ3) is 3.66. The molecule has 0 bridgehead atoms. The standard InChI is InChI=1S/C13H17Cl3N2O2S/c14-9-7-11(15)13(12(16)8-9)21(19,20)18-6-2-1-3-10(18)4-5-17/h7-8,10H,1-6,17H2. The van der Waals surface area contributed by atoms with Gasteiger partial charge < -0.3 is 5.73 Å². The zero-order chi connectivity index (χ0) is 15.6. The molecule has 0 radical (unpaired) electrons. The van der Waals surface area contributed by atoms with Crippen LogP contribution in [0.4, 0.5) is 0 Å². The maximum absolute atomic E-state index is 12.9. The fourth-order valence-corrected chi connectivity index (χ4v) is 5.88. The van der Waals surface area contributed by atoms with E-state index in [1.165, 1.54) is 16.4 Å². The van der Waals surface area contributed by atoms with Crippen LogP contribution in [0.5, 0.6) is 0 Å². The molecule has 0 spiro atoms. The molecule has 0 aromatic heterocycles. The number of benzene rings is 1. The summed E-state index contributed by atoms with van der Waals surface area (Å²) in [5, 5.41) is 0.398. The molecule has 1 aromatic carbocycles. The smallest absolute Gasteiger partial charge is 0.246 e.